The molecule has 0 spiro atoms. The van der Waals surface area contributed by atoms with Crippen LogP contribution in [0.5, 0.6) is 0 Å². The van der Waals surface area contributed by atoms with E-state index in [1.165, 1.54) is 16.0 Å². The second-order valence-electron chi connectivity index (χ2n) is 3.36. The first-order valence-corrected chi connectivity index (χ1v) is 7.64. The van der Waals surface area contributed by atoms with Gasteiger partial charge in [0.1, 0.15) is 5.69 Å². The Bertz CT molecular complexity index is 564. The molecule has 92 valence electrons. The van der Waals surface area contributed by atoms with Gasteiger partial charge in [0.05, 0.1) is 28.1 Å². The van der Waals surface area contributed by atoms with Crippen molar-refractivity contribution in [2.75, 3.05) is 6.16 Å². The monoisotopic (exact) mass is 293 g/mol. The van der Waals surface area contributed by atoms with Crippen LogP contribution >= 0.6 is 30.5 Å². The van der Waals surface area contributed by atoms with Crippen LogP contribution in [0.15, 0.2) is 18.3 Å². The Labute approximate surface area is 106 Å². The van der Waals surface area contributed by atoms with Crippen molar-refractivity contribution in [2.24, 2.45) is 0 Å². The van der Waals surface area contributed by atoms with Crippen molar-refractivity contribution in [3.05, 3.63) is 22.7 Å². The molecule has 2 rings (SSSR count). The predicted molar refractivity (Wildman–Crippen MR) is 65.3 cm³/mol. The van der Waals surface area contributed by atoms with Crippen molar-refractivity contribution in [3.63, 3.8) is 0 Å². The third-order valence-electron chi connectivity index (χ3n) is 1.98. The normalized spacial score (nSPS) is 11.9. The fraction of sp³-hybridized carbons (Fsp3) is 0.250. The Kier molecular flexibility index (Phi) is 3.65. The molecule has 2 N–H and O–H groups in total. The molecule has 0 aliphatic rings. The van der Waals surface area contributed by atoms with Gasteiger partial charge in [-0.3, -0.25) is 9.25 Å². The minimum atomic E-state index is -4.00. The van der Waals surface area contributed by atoms with Crippen LogP contribution in [0.25, 0.3) is 10.6 Å². The molecule has 0 unspecified atom stereocenters. The van der Waals surface area contributed by atoms with Crippen LogP contribution < -0.4 is 0 Å². The van der Waals surface area contributed by atoms with E-state index in [1.54, 1.807) is 12.3 Å². The molecule has 17 heavy (non-hydrogen) atoms. The number of thiophene rings is 1. The van der Waals surface area contributed by atoms with Crippen molar-refractivity contribution >= 4 is 30.5 Å². The van der Waals surface area contributed by atoms with Gasteiger partial charge in [0.15, 0.2) is 0 Å². The predicted octanol–water partition coefficient (Wildman–Crippen LogP) is 1.84. The van der Waals surface area contributed by atoms with E-state index < -0.39 is 7.60 Å². The Morgan fingerprint density at radius 3 is 2.82 bits per heavy atom. The number of hydrogen-bond donors (Lipinski definition) is 2. The standard InChI is InChI=1S/C8H9ClN3O3PS/c9-8-2-1-7(17-8)6-5-12(11-10-6)3-4-16(13,14)15/h1-2,5H,3-4H2,(H2,13,14,15). The second kappa shape index (κ2) is 4.88. The number of nitrogens with zero attached hydrogens (tertiary/aromatic N) is 3. The maximum Gasteiger partial charge on any atom is 0.327 e. The maximum atomic E-state index is 10.7. The van der Waals surface area contributed by atoms with Gasteiger partial charge in [-0.2, -0.15) is 0 Å². The summed E-state index contributed by atoms with van der Waals surface area (Å²) in [7, 11) is -4.00. The molecular weight excluding hydrogens is 285 g/mol. The lowest BCUT2D eigenvalue weighted by Crippen LogP contribution is -2.03. The first kappa shape index (κ1) is 12.7. The van der Waals surface area contributed by atoms with E-state index in [9.17, 15) is 4.57 Å². The highest BCUT2D eigenvalue weighted by Gasteiger charge is 2.14. The Morgan fingerprint density at radius 1 is 1.47 bits per heavy atom. The molecule has 2 aromatic rings. The van der Waals surface area contributed by atoms with E-state index in [0.717, 1.165) is 4.88 Å². The average Bonchev–Trinajstić information content (AvgIpc) is 2.81. The van der Waals surface area contributed by atoms with E-state index in [2.05, 4.69) is 10.3 Å². The summed E-state index contributed by atoms with van der Waals surface area (Å²) < 4.78 is 12.8. The number of rotatable bonds is 4. The highest BCUT2D eigenvalue weighted by atomic mass is 35.5. The molecule has 0 saturated heterocycles. The number of hydrogen-bond acceptors (Lipinski definition) is 4. The third-order valence-corrected chi connectivity index (χ3v) is 4.02. The van der Waals surface area contributed by atoms with Gasteiger partial charge in [-0.25, -0.2) is 0 Å². The molecule has 0 aliphatic heterocycles. The molecule has 9 heteroatoms. The van der Waals surface area contributed by atoms with Crippen LogP contribution in [0.4, 0.5) is 0 Å². The molecule has 2 heterocycles. The third kappa shape index (κ3) is 3.62. The Morgan fingerprint density at radius 2 is 2.24 bits per heavy atom. The van der Waals surface area contributed by atoms with E-state index in [0.29, 0.717) is 10.0 Å². The van der Waals surface area contributed by atoms with Crippen molar-refractivity contribution in [1.82, 2.24) is 15.0 Å². The first-order chi connectivity index (χ1) is 7.94. The van der Waals surface area contributed by atoms with Crippen molar-refractivity contribution in [1.29, 1.82) is 0 Å². The van der Waals surface area contributed by atoms with Crippen LogP contribution in [0, 0.1) is 0 Å². The van der Waals surface area contributed by atoms with E-state index in [4.69, 9.17) is 21.4 Å². The van der Waals surface area contributed by atoms with Crippen molar-refractivity contribution in [2.45, 2.75) is 6.54 Å². The van der Waals surface area contributed by atoms with Gasteiger partial charge in [0.25, 0.3) is 0 Å². The SMILES string of the molecule is O=P(O)(O)CCn1cc(-c2ccc(Cl)s2)nn1. The summed E-state index contributed by atoms with van der Waals surface area (Å²) in [6.45, 7) is 0.135. The van der Waals surface area contributed by atoms with Gasteiger partial charge < -0.3 is 9.79 Å². The zero-order valence-corrected chi connectivity index (χ0v) is 11.0. The van der Waals surface area contributed by atoms with Crippen molar-refractivity contribution in [3.8, 4) is 10.6 Å². The smallest absolute Gasteiger partial charge is 0.324 e. The molecule has 0 fully saturated rings. The molecule has 0 saturated carbocycles. The zero-order chi connectivity index (χ0) is 12.5. The summed E-state index contributed by atoms with van der Waals surface area (Å²) in [5.41, 5.74) is 0.646. The van der Waals surface area contributed by atoms with Crippen LogP contribution in [-0.4, -0.2) is 30.9 Å². The highest BCUT2D eigenvalue weighted by Crippen LogP contribution is 2.34. The summed E-state index contributed by atoms with van der Waals surface area (Å²) >= 11 is 7.17. The highest BCUT2D eigenvalue weighted by molar-refractivity contribution is 7.51. The van der Waals surface area contributed by atoms with Crippen LogP contribution in [0.3, 0.4) is 0 Å². The molecule has 0 amide bonds. The van der Waals surface area contributed by atoms with Gasteiger partial charge in [-0.15, -0.1) is 16.4 Å². The van der Waals surface area contributed by atoms with Crippen LogP contribution in [-0.2, 0) is 11.1 Å². The van der Waals surface area contributed by atoms with Crippen LogP contribution in [0.1, 0.15) is 0 Å². The summed E-state index contributed by atoms with van der Waals surface area (Å²) in [6, 6.07) is 3.58. The lowest BCUT2D eigenvalue weighted by atomic mass is 10.4. The van der Waals surface area contributed by atoms with Gasteiger partial charge in [0.2, 0.25) is 0 Å². The summed E-state index contributed by atoms with van der Waals surface area (Å²) in [5.74, 6) is 0. The maximum absolute atomic E-state index is 10.7. The Balaban J connectivity index is 2.09. The Hall–Kier alpha value is -0.720. The quantitative estimate of drug-likeness (QED) is 0.840. The summed E-state index contributed by atoms with van der Waals surface area (Å²) in [5, 5.41) is 7.70. The molecule has 6 nitrogen and oxygen atoms in total. The fourth-order valence-corrected chi connectivity index (χ4v) is 2.66. The molecule has 0 atom stereocenters. The van der Waals surface area contributed by atoms with Crippen molar-refractivity contribution < 1.29 is 14.4 Å². The minimum Gasteiger partial charge on any atom is -0.324 e. The van der Waals surface area contributed by atoms with E-state index in [-0.39, 0.29) is 12.7 Å². The van der Waals surface area contributed by atoms with Gasteiger partial charge >= 0.3 is 7.60 Å². The van der Waals surface area contributed by atoms with Gasteiger partial charge in [-0.1, -0.05) is 16.8 Å². The lowest BCUT2D eigenvalue weighted by Gasteiger charge is -2.01. The molecule has 0 radical (unpaired) electrons. The first-order valence-electron chi connectivity index (χ1n) is 4.64. The molecule has 0 aliphatic carbocycles. The number of aryl methyl sites for hydroxylation is 1. The summed E-state index contributed by atoms with van der Waals surface area (Å²) in [6.07, 6.45) is 1.39. The zero-order valence-electron chi connectivity index (χ0n) is 8.52. The number of aromatic nitrogens is 3. The average molecular weight is 294 g/mol. The van der Waals surface area contributed by atoms with Gasteiger partial charge in [-0.05, 0) is 12.1 Å². The molecular formula is C8H9ClN3O3PS. The molecule has 0 bridgehead atoms. The van der Waals surface area contributed by atoms with E-state index in [1.807, 2.05) is 6.07 Å². The second-order valence-corrected chi connectivity index (χ2v) is 6.85. The molecule has 2 aromatic heterocycles. The minimum absolute atomic E-state index is 0.135. The topological polar surface area (TPSA) is 88.2 Å². The number of halogens is 1. The van der Waals surface area contributed by atoms with Gasteiger partial charge in [0, 0.05) is 0 Å². The lowest BCUT2D eigenvalue weighted by molar-refractivity contribution is 0.368. The summed E-state index contributed by atoms with van der Waals surface area (Å²) in [4.78, 5) is 18.4. The van der Waals surface area contributed by atoms with Crippen LogP contribution in [0.2, 0.25) is 4.34 Å². The van der Waals surface area contributed by atoms with E-state index >= 15 is 0 Å². The fourth-order valence-electron chi connectivity index (χ4n) is 1.21. The largest absolute Gasteiger partial charge is 0.327 e. The molecule has 0 aromatic carbocycles.